The van der Waals surface area contributed by atoms with Gasteiger partial charge in [0.25, 0.3) is 5.56 Å². The lowest BCUT2D eigenvalue weighted by molar-refractivity contribution is -0.122. The molecule has 0 aliphatic rings. The smallest absolute Gasteiger partial charge is 0.251 e. The monoisotopic (exact) mass is 348 g/mol. The summed E-state index contributed by atoms with van der Waals surface area (Å²) in [5.41, 5.74) is 3.57. The van der Waals surface area contributed by atoms with Crippen molar-refractivity contribution in [2.45, 2.75) is 32.6 Å². The van der Waals surface area contributed by atoms with Crippen molar-refractivity contribution in [3.05, 3.63) is 81.6 Å². The molecule has 3 aromatic rings. The van der Waals surface area contributed by atoms with E-state index in [1.807, 2.05) is 68.4 Å². The number of hydrogen-bond acceptors (Lipinski definition) is 2. The Hall–Kier alpha value is -2.88. The first-order chi connectivity index (χ1) is 12.6. The van der Waals surface area contributed by atoms with Crippen molar-refractivity contribution in [1.29, 1.82) is 0 Å². The third-order valence-electron chi connectivity index (χ3n) is 4.70. The van der Waals surface area contributed by atoms with Crippen LogP contribution in [0, 0.1) is 6.92 Å². The third kappa shape index (κ3) is 4.02. The highest BCUT2D eigenvalue weighted by Gasteiger charge is 2.17. The molecule has 0 bridgehead atoms. The second-order valence-electron chi connectivity index (χ2n) is 6.63. The zero-order valence-corrected chi connectivity index (χ0v) is 15.2. The van der Waals surface area contributed by atoms with Crippen molar-refractivity contribution in [3.8, 4) is 0 Å². The van der Waals surface area contributed by atoms with Gasteiger partial charge < -0.3 is 10.3 Å². The maximum absolute atomic E-state index is 12.5. The number of amides is 1. The number of carbonyl (C=O) groups excluding carboxylic acids is 1. The van der Waals surface area contributed by atoms with Gasteiger partial charge in [-0.3, -0.25) is 9.59 Å². The second-order valence-corrected chi connectivity index (χ2v) is 6.63. The number of H-pyrrole nitrogens is 1. The number of aromatic nitrogens is 1. The molecule has 0 radical (unpaired) electrons. The summed E-state index contributed by atoms with van der Waals surface area (Å²) in [6.45, 7) is 4.45. The fraction of sp³-hybridized carbons (Fsp3) is 0.273. The van der Waals surface area contributed by atoms with E-state index in [-0.39, 0.29) is 17.4 Å². The molecule has 1 unspecified atom stereocenters. The molecular formula is C22H24N2O2. The third-order valence-corrected chi connectivity index (χ3v) is 4.70. The van der Waals surface area contributed by atoms with Gasteiger partial charge >= 0.3 is 0 Å². The first-order valence-corrected chi connectivity index (χ1v) is 9.03. The number of benzene rings is 2. The SMILES string of the molecule is CCC(C(=O)NCCc1cc2ccc(C)cc2[nH]c1=O)c1ccccc1. The van der Waals surface area contributed by atoms with E-state index in [4.69, 9.17) is 0 Å². The molecule has 4 heteroatoms. The van der Waals surface area contributed by atoms with Crippen LogP contribution >= 0.6 is 0 Å². The highest BCUT2D eigenvalue weighted by atomic mass is 16.2. The Morgan fingerprint density at radius 1 is 1.12 bits per heavy atom. The Balaban J connectivity index is 1.66. The lowest BCUT2D eigenvalue weighted by atomic mass is 9.95. The van der Waals surface area contributed by atoms with E-state index in [1.165, 1.54) is 0 Å². The molecule has 1 heterocycles. The Morgan fingerprint density at radius 3 is 2.62 bits per heavy atom. The van der Waals surface area contributed by atoms with Gasteiger partial charge in [0, 0.05) is 17.6 Å². The molecule has 0 aliphatic carbocycles. The Bertz CT molecular complexity index is 961. The number of aryl methyl sites for hydroxylation is 1. The van der Waals surface area contributed by atoms with Crippen molar-refractivity contribution >= 4 is 16.8 Å². The number of pyridine rings is 1. The summed E-state index contributed by atoms with van der Waals surface area (Å²) >= 11 is 0. The Morgan fingerprint density at radius 2 is 1.88 bits per heavy atom. The second kappa shape index (κ2) is 8.00. The molecule has 3 rings (SSSR count). The van der Waals surface area contributed by atoms with Crippen molar-refractivity contribution in [2.24, 2.45) is 0 Å². The maximum Gasteiger partial charge on any atom is 0.251 e. The van der Waals surface area contributed by atoms with E-state index in [0.717, 1.165) is 28.5 Å². The van der Waals surface area contributed by atoms with E-state index < -0.39 is 0 Å². The molecule has 1 amide bonds. The first kappa shape index (κ1) is 17.9. The summed E-state index contributed by atoms with van der Waals surface area (Å²) in [5, 5.41) is 3.98. The number of rotatable bonds is 6. The number of hydrogen-bond donors (Lipinski definition) is 2. The van der Waals surface area contributed by atoms with Crippen LogP contribution in [-0.2, 0) is 11.2 Å². The lowest BCUT2D eigenvalue weighted by Gasteiger charge is -2.15. The number of aromatic amines is 1. The van der Waals surface area contributed by atoms with Gasteiger partial charge in [-0.05, 0) is 48.4 Å². The quantitative estimate of drug-likeness (QED) is 0.714. The molecule has 134 valence electrons. The van der Waals surface area contributed by atoms with Gasteiger partial charge in [-0.25, -0.2) is 0 Å². The summed E-state index contributed by atoms with van der Waals surface area (Å²) in [6, 6.07) is 17.7. The van der Waals surface area contributed by atoms with Crippen LogP contribution in [0.1, 0.15) is 36.0 Å². The largest absolute Gasteiger partial charge is 0.355 e. The zero-order valence-electron chi connectivity index (χ0n) is 15.2. The molecule has 26 heavy (non-hydrogen) atoms. The number of carbonyl (C=O) groups is 1. The molecule has 1 aromatic heterocycles. The molecule has 0 saturated heterocycles. The molecular weight excluding hydrogens is 324 g/mol. The van der Waals surface area contributed by atoms with E-state index in [9.17, 15) is 9.59 Å². The topological polar surface area (TPSA) is 62.0 Å². The lowest BCUT2D eigenvalue weighted by Crippen LogP contribution is -2.31. The van der Waals surface area contributed by atoms with Gasteiger partial charge in [0.2, 0.25) is 5.91 Å². The van der Waals surface area contributed by atoms with Gasteiger partial charge in [0.15, 0.2) is 0 Å². The van der Waals surface area contributed by atoms with Gasteiger partial charge in [-0.1, -0.05) is 49.4 Å². The summed E-state index contributed by atoms with van der Waals surface area (Å²) in [7, 11) is 0. The fourth-order valence-corrected chi connectivity index (χ4v) is 3.25. The van der Waals surface area contributed by atoms with Gasteiger partial charge in [0.05, 0.1) is 5.92 Å². The highest BCUT2D eigenvalue weighted by Crippen LogP contribution is 2.19. The van der Waals surface area contributed by atoms with E-state index in [1.54, 1.807) is 0 Å². The summed E-state index contributed by atoms with van der Waals surface area (Å²) < 4.78 is 0. The zero-order chi connectivity index (χ0) is 18.5. The minimum Gasteiger partial charge on any atom is -0.355 e. The van der Waals surface area contributed by atoms with Crippen molar-refractivity contribution in [3.63, 3.8) is 0 Å². The summed E-state index contributed by atoms with van der Waals surface area (Å²) in [6.07, 6.45) is 1.25. The Labute approximate surface area is 153 Å². The van der Waals surface area contributed by atoms with Crippen LogP contribution in [0.3, 0.4) is 0 Å². The molecule has 2 aromatic carbocycles. The van der Waals surface area contributed by atoms with Crippen LogP contribution in [0.25, 0.3) is 10.9 Å². The van der Waals surface area contributed by atoms with Crippen molar-refractivity contribution < 1.29 is 4.79 Å². The highest BCUT2D eigenvalue weighted by molar-refractivity contribution is 5.83. The minimum atomic E-state index is -0.158. The molecule has 4 nitrogen and oxygen atoms in total. The van der Waals surface area contributed by atoms with Crippen LogP contribution in [0.5, 0.6) is 0 Å². The number of nitrogens with one attached hydrogen (secondary N) is 2. The molecule has 1 atom stereocenters. The molecule has 0 aliphatic heterocycles. The van der Waals surface area contributed by atoms with E-state index >= 15 is 0 Å². The average Bonchev–Trinajstić information content (AvgIpc) is 2.64. The standard InChI is InChI=1S/C22H24N2O2/c1-3-19(16-7-5-4-6-8-16)22(26)23-12-11-18-14-17-10-9-15(2)13-20(17)24-21(18)25/h4-10,13-14,19H,3,11-12H2,1-2H3,(H,23,26)(H,24,25). The van der Waals surface area contributed by atoms with Crippen LogP contribution in [0.15, 0.2) is 59.4 Å². The maximum atomic E-state index is 12.5. The molecule has 0 spiro atoms. The Kier molecular flexibility index (Phi) is 5.52. The van der Waals surface area contributed by atoms with Crippen LogP contribution < -0.4 is 10.9 Å². The van der Waals surface area contributed by atoms with Crippen LogP contribution in [-0.4, -0.2) is 17.4 Å². The predicted molar refractivity (Wildman–Crippen MR) is 105 cm³/mol. The molecule has 0 saturated carbocycles. The summed E-state index contributed by atoms with van der Waals surface area (Å²) in [4.78, 5) is 27.7. The minimum absolute atomic E-state index is 0.00606. The average molecular weight is 348 g/mol. The van der Waals surface area contributed by atoms with E-state index in [0.29, 0.717) is 18.5 Å². The molecule has 2 N–H and O–H groups in total. The summed E-state index contributed by atoms with van der Waals surface area (Å²) in [5.74, 6) is -0.152. The van der Waals surface area contributed by atoms with Crippen LogP contribution in [0.4, 0.5) is 0 Å². The first-order valence-electron chi connectivity index (χ1n) is 9.03. The van der Waals surface area contributed by atoms with Gasteiger partial charge in [-0.2, -0.15) is 0 Å². The van der Waals surface area contributed by atoms with Gasteiger partial charge in [0.1, 0.15) is 0 Å². The van der Waals surface area contributed by atoms with E-state index in [2.05, 4.69) is 10.3 Å². The molecule has 0 fully saturated rings. The van der Waals surface area contributed by atoms with Crippen molar-refractivity contribution in [1.82, 2.24) is 10.3 Å². The van der Waals surface area contributed by atoms with Gasteiger partial charge in [-0.15, -0.1) is 0 Å². The van der Waals surface area contributed by atoms with Crippen LogP contribution in [0.2, 0.25) is 0 Å². The predicted octanol–water partition coefficient (Wildman–Crippen LogP) is 3.69. The fourth-order valence-electron chi connectivity index (χ4n) is 3.25. The van der Waals surface area contributed by atoms with Crippen molar-refractivity contribution in [2.75, 3.05) is 6.54 Å². The number of fused-ring (bicyclic) bond motifs is 1. The normalized spacial score (nSPS) is 12.1.